The third kappa shape index (κ3) is 6.13. The maximum absolute atomic E-state index is 13.7. The Morgan fingerprint density at radius 2 is 1.84 bits per heavy atom. The molecule has 1 saturated heterocycles. The lowest BCUT2D eigenvalue weighted by atomic mass is 9.96. The van der Waals surface area contributed by atoms with E-state index >= 15 is 0 Å². The van der Waals surface area contributed by atoms with Gasteiger partial charge in [0.05, 0.1) is 34.8 Å². The molecule has 1 aromatic carbocycles. The Bertz CT molecular complexity index is 1380. The SMILES string of the molecule is COCCS(=O)(=O)NC(=O)c1cc(N2CCC(COC)CC2)c2c(C(C)C)nn(-c3ccc(F)cc3)c2n1. The third-order valence-corrected chi connectivity index (χ3v) is 7.86. The molecule has 206 valence electrons. The number of anilines is 1. The highest BCUT2D eigenvalue weighted by Crippen LogP contribution is 2.36. The minimum atomic E-state index is -3.93. The lowest BCUT2D eigenvalue weighted by molar-refractivity contribution is 0.0976. The van der Waals surface area contributed by atoms with Crippen LogP contribution in [-0.2, 0) is 19.5 Å². The van der Waals surface area contributed by atoms with Crippen molar-refractivity contribution in [1.82, 2.24) is 19.5 Å². The van der Waals surface area contributed by atoms with Gasteiger partial charge < -0.3 is 14.4 Å². The summed E-state index contributed by atoms with van der Waals surface area (Å²) in [4.78, 5) is 19.9. The zero-order valence-electron chi connectivity index (χ0n) is 22.1. The number of nitrogens with one attached hydrogen (secondary N) is 1. The molecule has 12 heteroatoms. The van der Waals surface area contributed by atoms with Gasteiger partial charge in [-0.05, 0) is 55.0 Å². The van der Waals surface area contributed by atoms with E-state index in [1.165, 1.54) is 19.2 Å². The smallest absolute Gasteiger partial charge is 0.283 e. The van der Waals surface area contributed by atoms with Crippen LogP contribution in [0.3, 0.4) is 0 Å². The highest BCUT2D eigenvalue weighted by molar-refractivity contribution is 7.90. The summed E-state index contributed by atoms with van der Waals surface area (Å²) < 4.78 is 52.4. The molecule has 1 aliphatic heterocycles. The van der Waals surface area contributed by atoms with Gasteiger partial charge in [-0.2, -0.15) is 5.10 Å². The molecule has 1 aliphatic rings. The molecule has 1 fully saturated rings. The van der Waals surface area contributed by atoms with E-state index in [0.717, 1.165) is 42.7 Å². The molecule has 10 nitrogen and oxygen atoms in total. The van der Waals surface area contributed by atoms with Crippen molar-refractivity contribution in [2.75, 3.05) is 51.2 Å². The fourth-order valence-electron chi connectivity index (χ4n) is 4.67. The van der Waals surface area contributed by atoms with Crippen LogP contribution in [0, 0.1) is 11.7 Å². The Balaban J connectivity index is 1.86. The Labute approximate surface area is 222 Å². The minimum absolute atomic E-state index is 0.0277. The predicted octanol–water partition coefficient (Wildman–Crippen LogP) is 3.25. The molecule has 3 heterocycles. The van der Waals surface area contributed by atoms with Crippen LogP contribution in [0.4, 0.5) is 10.1 Å². The molecular formula is C26H34FN5O5S. The number of methoxy groups -OCH3 is 2. The van der Waals surface area contributed by atoms with Gasteiger partial charge in [0, 0.05) is 33.9 Å². The number of amides is 1. The van der Waals surface area contributed by atoms with E-state index in [1.54, 1.807) is 30.0 Å². The molecule has 0 radical (unpaired) electrons. The van der Waals surface area contributed by atoms with Crippen molar-refractivity contribution in [2.24, 2.45) is 5.92 Å². The van der Waals surface area contributed by atoms with Gasteiger partial charge in [0.25, 0.3) is 5.91 Å². The first-order valence-electron chi connectivity index (χ1n) is 12.6. The fourth-order valence-corrected chi connectivity index (χ4v) is 5.54. The fraction of sp³-hybridized carbons (Fsp3) is 0.500. The quantitative estimate of drug-likeness (QED) is 0.411. The zero-order valence-corrected chi connectivity index (χ0v) is 22.9. The van der Waals surface area contributed by atoms with E-state index in [0.29, 0.717) is 23.9 Å². The first-order chi connectivity index (χ1) is 18.1. The molecule has 0 bridgehead atoms. The van der Waals surface area contributed by atoms with E-state index < -0.39 is 15.9 Å². The maximum Gasteiger partial charge on any atom is 0.283 e. The average molecular weight is 548 g/mol. The number of nitrogens with zero attached hydrogens (tertiary/aromatic N) is 4. The largest absolute Gasteiger partial charge is 0.384 e. The zero-order chi connectivity index (χ0) is 27.4. The lowest BCUT2D eigenvalue weighted by Gasteiger charge is -2.34. The van der Waals surface area contributed by atoms with Crippen LogP contribution in [-0.4, -0.2) is 75.4 Å². The van der Waals surface area contributed by atoms with Gasteiger partial charge in [-0.1, -0.05) is 13.8 Å². The molecular weight excluding hydrogens is 513 g/mol. The van der Waals surface area contributed by atoms with Crippen molar-refractivity contribution in [2.45, 2.75) is 32.6 Å². The van der Waals surface area contributed by atoms with Crippen molar-refractivity contribution in [3.05, 3.63) is 47.5 Å². The Kier molecular flexibility index (Phi) is 8.64. The van der Waals surface area contributed by atoms with Crippen molar-refractivity contribution < 1.29 is 27.1 Å². The van der Waals surface area contributed by atoms with Crippen LogP contribution in [0.25, 0.3) is 16.7 Å². The van der Waals surface area contributed by atoms with E-state index in [-0.39, 0.29) is 29.8 Å². The van der Waals surface area contributed by atoms with Gasteiger partial charge in [-0.25, -0.2) is 27.2 Å². The van der Waals surface area contributed by atoms with Gasteiger partial charge >= 0.3 is 0 Å². The summed E-state index contributed by atoms with van der Waals surface area (Å²) in [6, 6.07) is 7.48. The van der Waals surface area contributed by atoms with Crippen molar-refractivity contribution in [3.8, 4) is 5.69 Å². The van der Waals surface area contributed by atoms with Gasteiger partial charge in [-0.15, -0.1) is 0 Å². The first kappa shape index (κ1) is 27.9. The summed E-state index contributed by atoms with van der Waals surface area (Å²) in [7, 11) is -0.843. The molecule has 0 aliphatic carbocycles. The Morgan fingerprint density at radius 3 is 2.45 bits per heavy atom. The number of ether oxygens (including phenoxy) is 2. The summed E-state index contributed by atoms with van der Waals surface area (Å²) >= 11 is 0. The first-order valence-corrected chi connectivity index (χ1v) is 14.3. The Morgan fingerprint density at radius 1 is 1.16 bits per heavy atom. The second kappa shape index (κ2) is 11.7. The van der Waals surface area contributed by atoms with Crippen molar-refractivity contribution in [1.29, 1.82) is 0 Å². The number of rotatable bonds is 10. The third-order valence-electron chi connectivity index (χ3n) is 6.66. The number of hydrogen-bond donors (Lipinski definition) is 1. The van der Waals surface area contributed by atoms with E-state index in [4.69, 9.17) is 14.6 Å². The van der Waals surface area contributed by atoms with Gasteiger partial charge in [0.15, 0.2) is 5.65 Å². The molecule has 38 heavy (non-hydrogen) atoms. The molecule has 4 rings (SSSR count). The standard InChI is InChI=1S/C26H34FN5O5S/c1-17(2)24-23-22(31-11-9-18(10-12-31)16-37-4)15-21(26(33)30-38(34,35)14-13-36-3)28-25(23)32(29-24)20-7-5-19(27)6-8-20/h5-8,15,17-18H,9-14,16H2,1-4H3,(H,30,33). The maximum atomic E-state index is 13.7. The van der Waals surface area contributed by atoms with Crippen LogP contribution in [0.15, 0.2) is 30.3 Å². The normalized spacial score (nSPS) is 14.9. The number of sulfonamides is 1. The molecule has 1 amide bonds. The van der Waals surface area contributed by atoms with E-state index in [2.05, 4.69) is 14.6 Å². The Hall–Kier alpha value is -3.09. The summed E-state index contributed by atoms with van der Waals surface area (Å²) in [5, 5.41) is 5.61. The van der Waals surface area contributed by atoms with Gasteiger partial charge in [-0.3, -0.25) is 4.79 Å². The van der Waals surface area contributed by atoms with Crippen LogP contribution in [0.1, 0.15) is 48.8 Å². The molecule has 0 spiro atoms. The van der Waals surface area contributed by atoms with Crippen LogP contribution < -0.4 is 9.62 Å². The average Bonchev–Trinajstić information content (AvgIpc) is 3.28. The molecule has 0 unspecified atom stereocenters. The molecule has 0 saturated carbocycles. The van der Waals surface area contributed by atoms with Crippen molar-refractivity contribution in [3.63, 3.8) is 0 Å². The number of pyridine rings is 1. The number of hydrogen-bond acceptors (Lipinski definition) is 8. The van der Waals surface area contributed by atoms with E-state index in [9.17, 15) is 17.6 Å². The highest BCUT2D eigenvalue weighted by atomic mass is 32.2. The summed E-state index contributed by atoms with van der Waals surface area (Å²) in [5.74, 6) is -1.11. The number of halogens is 1. The number of carbonyl (C=O) groups excluding carboxylic acids is 1. The summed E-state index contributed by atoms with van der Waals surface area (Å²) in [6.45, 7) is 6.15. The van der Waals surface area contributed by atoms with Crippen LogP contribution in [0.5, 0.6) is 0 Å². The monoisotopic (exact) mass is 547 g/mol. The van der Waals surface area contributed by atoms with Gasteiger partial charge in [0.1, 0.15) is 11.5 Å². The number of aromatic nitrogens is 3. The molecule has 0 atom stereocenters. The molecule has 3 aromatic rings. The van der Waals surface area contributed by atoms with Crippen LogP contribution >= 0.6 is 0 Å². The lowest BCUT2D eigenvalue weighted by Crippen LogP contribution is -2.36. The second-order valence-corrected chi connectivity index (χ2v) is 11.6. The van der Waals surface area contributed by atoms with E-state index in [1.807, 2.05) is 13.8 Å². The molecule has 1 N–H and O–H groups in total. The topological polar surface area (TPSA) is 116 Å². The second-order valence-electron chi connectivity index (χ2n) is 9.78. The summed E-state index contributed by atoms with van der Waals surface area (Å²) in [5.41, 5.74) is 2.47. The molecule has 2 aromatic heterocycles. The number of carbonyl (C=O) groups is 1. The minimum Gasteiger partial charge on any atom is -0.384 e. The number of benzene rings is 1. The number of fused-ring (bicyclic) bond motifs is 1. The number of piperidine rings is 1. The van der Waals surface area contributed by atoms with Crippen LogP contribution in [0.2, 0.25) is 0 Å². The highest BCUT2D eigenvalue weighted by Gasteiger charge is 2.28. The summed E-state index contributed by atoms with van der Waals surface area (Å²) in [6.07, 6.45) is 1.82. The van der Waals surface area contributed by atoms with Gasteiger partial charge in [0.2, 0.25) is 10.0 Å². The predicted molar refractivity (Wildman–Crippen MR) is 143 cm³/mol. The van der Waals surface area contributed by atoms with Crippen molar-refractivity contribution >= 4 is 32.7 Å².